The Kier molecular flexibility index (Phi) is 5.86. The molecule has 138 valence electrons. The molecule has 0 atom stereocenters. The fourth-order valence-electron chi connectivity index (χ4n) is 2.21. The minimum atomic E-state index is -4.48. The van der Waals surface area contributed by atoms with Crippen LogP contribution in [0.4, 0.5) is 13.2 Å². The van der Waals surface area contributed by atoms with Crippen molar-refractivity contribution in [3.63, 3.8) is 0 Å². The molecule has 0 aliphatic heterocycles. The van der Waals surface area contributed by atoms with Gasteiger partial charge in [-0.05, 0) is 49.2 Å². The average molecular weight is 366 g/mol. The number of hydrazine groups is 1. The van der Waals surface area contributed by atoms with E-state index in [2.05, 4.69) is 10.9 Å². The number of hydrogen-bond acceptors (Lipinski definition) is 3. The van der Waals surface area contributed by atoms with Gasteiger partial charge in [-0.1, -0.05) is 18.2 Å². The van der Waals surface area contributed by atoms with Gasteiger partial charge in [0.05, 0.1) is 5.56 Å². The Balaban J connectivity index is 1.86. The predicted octanol–water partition coefficient (Wildman–Crippen LogP) is 3.16. The van der Waals surface area contributed by atoms with Gasteiger partial charge < -0.3 is 4.74 Å². The van der Waals surface area contributed by atoms with E-state index in [4.69, 9.17) is 4.74 Å². The molecule has 5 nitrogen and oxygen atoms in total. The standard InChI is InChI=1S/C18H17F3N2O3/c1-11-4-3-5-12(2)16(11)26-10-15(24)22-23-17(25)13-6-8-14(9-7-13)18(19,20)21/h3-9H,10H2,1-2H3,(H,22,24)(H,23,25). The average Bonchev–Trinajstić information content (AvgIpc) is 2.58. The number of para-hydroxylation sites is 1. The van der Waals surface area contributed by atoms with Crippen molar-refractivity contribution in [2.24, 2.45) is 0 Å². The SMILES string of the molecule is Cc1cccc(C)c1OCC(=O)NNC(=O)c1ccc(C(F)(F)F)cc1. The van der Waals surface area contributed by atoms with Gasteiger partial charge in [-0.25, -0.2) is 0 Å². The van der Waals surface area contributed by atoms with Crippen LogP contribution < -0.4 is 15.6 Å². The zero-order chi connectivity index (χ0) is 19.3. The monoisotopic (exact) mass is 366 g/mol. The number of carbonyl (C=O) groups excluding carboxylic acids is 2. The molecule has 0 radical (unpaired) electrons. The number of ether oxygens (including phenoxy) is 1. The van der Waals surface area contributed by atoms with Crippen molar-refractivity contribution in [1.29, 1.82) is 0 Å². The smallest absolute Gasteiger partial charge is 0.416 e. The second kappa shape index (κ2) is 7.90. The molecule has 26 heavy (non-hydrogen) atoms. The van der Waals surface area contributed by atoms with E-state index in [0.717, 1.165) is 35.4 Å². The van der Waals surface area contributed by atoms with Gasteiger partial charge in [0.2, 0.25) is 0 Å². The second-order valence-corrected chi connectivity index (χ2v) is 5.59. The van der Waals surface area contributed by atoms with Crippen LogP contribution in [0.2, 0.25) is 0 Å². The van der Waals surface area contributed by atoms with E-state index in [-0.39, 0.29) is 12.2 Å². The Morgan fingerprint density at radius 3 is 2.08 bits per heavy atom. The zero-order valence-corrected chi connectivity index (χ0v) is 14.1. The number of aryl methyl sites for hydroxylation is 2. The summed E-state index contributed by atoms with van der Waals surface area (Å²) in [6.07, 6.45) is -4.48. The first-order valence-corrected chi connectivity index (χ1v) is 7.64. The number of alkyl halides is 3. The molecule has 2 N–H and O–H groups in total. The number of benzene rings is 2. The highest BCUT2D eigenvalue weighted by Crippen LogP contribution is 2.29. The third-order valence-electron chi connectivity index (χ3n) is 3.55. The summed E-state index contributed by atoms with van der Waals surface area (Å²) < 4.78 is 42.9. The molecule has 0 aromatic heterocycles. The molecule has 0 saturated heterocycles. The first-order valence-electron chi connectivity index (χ1n) is 7.64. The summed E-state index contributed by atoms with van der Waals surface area (Å²) in [5.41, 5.74) is 5.13. The number of nitrogens with one attached hydrogen (secondary N) is 2. The predicted molar refractivity (Wildman–Crippen MR) is 88.5 cm³/mol. The Morgan fingerprint density at radius 2 is 1.54 bits per heavy atom. The molecule has 2 rings (SSSR count). The molecule has 0 aliphatic rings. The van der Waals surface area contributed by atoms with Crippen molar-refractivity contribution in [2.45, 2.75) is 20.0 Å². The Bertz CT molecular complexity index is 782. The van der Waals surface area contributed by atoms with Crippen LogP contribution >= 0.6 is 0 Å². The van der Waals surface area contributed by atoms with Gasteiger partial charge in [0.25, 0.3) is 11.8 Å². The Labute approximate surface area is 148 Å². The largest absolute Gasteiger partial charge is 0.483 e. The van der Waals surface area contributed by atoms with E-state index in [1.807, 2.05) is 32.0 Å². The maximum atomic E-state index is 12.5. The van der Waals surface area contributed by atoms with Gasteiger partial charge in [0.1, 0.15) is 5.75 Å². The number of amides is 2. The first kappa shape index (κ1) is 19.3. The summed E-state index contributed by atoms with van der Waals surface area (Å²) in [6.45, 7) is 3.36. The highest BCUT2D eigenvalue weighted by Gasteiger charge is 2.30. The van der Waals surface area contributed by atoms with E-state index >= 15 is 0 Å². The molecule has 0 saturated carbocycles. The van der Waals surface area contributed by atoms with E-state index in [1.54, 1.807) is 0 Å². The number of halogens is 3. The van der Waals surface area contributed by atoms with E-state index < -0.39 is 23.6 Å². The maximum Gasteiger partial charge on any atom is 0.416 e. The van der Waals surface area contributed by atoms with Gasteiger partial charge >= 0.3 is 6.18 Å². The fourth-order valence-corrected chi connectivity index (χ4v) is 2.21. The van der Waals surface area contributed by atoms with Crippen LogP contribution in [0, 0.1) is 13.8 Å². The lowest BCUT2D eigenvalue weighted by atomic mass is 10.1. The lowest BCUT2D eigenvalue weighted by Gasteiger charge is -2.12. The Hall–Kier alpha value is -3.03. The van der Waals surface area contributed by atoms with Crippen molar-refractivity contribution in [3.8, 4) is 5.75 Å². The van der Waals surface area contributed by atoms with Crippen LogP contribution in [0.1, 0.15) is 27.0 Å². The van der Waals surface area contributed by atoms with E-state index in [0.29, 0.717) is 5.75 Å². The lowest BCUT2D eigenvalue weighted by molar-refractivity contribution is -0.137. The van der Waals surface area contributed by atoms with Gasteiger partial charge in [0, 0.05) is 5.56 Å². The first-order chi connectivity index (χ1) is 12.2. The van der Waals surface area contributed by atoms with Crippen LogP contribution in [0.25, 0.3) is 0 Å². The van der Waals surface area contributed by atoms with Gasteiger partial charge in [0.15, 0.2) is 6.61 Å². The minimum Gasteiger partial charge on any atom is -0.483 e. The van der Waals surface area contributed by atoms with Crippen LogP contribution in [0.5, 0.6) is 5.75 Å². The second-order valence-electron chi connectivity index (χ2n) is 5.59. The summed E-state index contributed by atoms with van der Waals surface area (Å²) in [4.78, 5) is 23.6. The van der Waals surface area contributed by atoms with Gasteiger partial charge in [-0.15, -0.1) is 0 Å². The van der Waals surface area contributed by atoms with Crippen molar-refractivity contribution in [2.75, 3.05) is 6.61 Å². The molecule has 0 fully saturated rings. The van der Waals surface area contributed by atoms with Crippen molar-refractivity contribution < 1.29 is 27.5 Å². The van der Waals surface area contributed by atoms with Crippen molar-refractivity contribution in [3.05, 3.63) is 64.7 Å². The molecule has 2 aromatic carbocycles. The van der Waals surface area contributed by atoms with Crippen molar-refractivity contribution in [1.82, 2.24) is 10.9 Å². The third kappa shape index (κ3) is 4.98. The van der Waals surface area contributed by atoms with Gasteiger partial charge in [-0.3, -0.25) is 20.4 Å². The number of rotatable bonds is 4. The summed E-state index contributed by atoms with van der Waals surface area (Å²) in [6, 6.07) is 9.18. The summed E-state index contributed by atoms with van der Waals surface area (Å²) in [5.74, 6) is -0.760. The quantitative estimate of drug-likeness (QED) is 0.817. The van der Waals surface area contributed by atoms with E-state index in [9.17, 15) is 22.8 Å². The van der Waals surface area contributed by atoms with Crippen LogP contribution in [0.3, 0.4) is 0 Å². The molecule has 2 aromatic rings. The lowest BCUT2D eigenvalue weighted by Crippen LogP contribution is -2.43. The topological polar surface area (TPSA) is 67.4 Å². The highest BCUT2D eigenvalue weighted by molar-refractivity contribution is 5.95. The minimum absolute atomic E-state index is 0.0195. The number of hydrogen-bond donors (Lipinski definition) is 2. The van der Waals surface area contributed by atoms with Crippen LogP contribution in [-0.4, -0.2) is 18.4 Å². The summed E-state index contributed by atoms with van der Waals surface area (Å²) in [5, 5.41) is 0. The normalized spacial score (nSPS) is 11.0. The molecule has 0 unspecified atom stereocenters. The maximum absolute atomic E-state index is 12.5. The third-order valence-corrected chi connectivity index (χ3v) is 3.55. The van der Waals surface area contributed by atoms with Crippen LogP contribution in [0.15, 0.2) is 42.5 Å². The highest BCUT2D eigenvalue weighted by atomic mass is 19.4. The zero-order valence-electron chi connectivity index (χ0n) is 14.1. The van der Waals surface area contributed by atoms with E-state index in [1.165, 1.54) is 0 Å². The fraction of sp³-hybridized carbons (Fsp3) is 0.222. The molecule has 0 spiro atoms. The van der Waals surface area contributed by atoms with Crippen LogP contribution in [-0.2, 0) is 11.0 Å². The summed E-state index contributed by atoms with van der Waals surface area (Å²) in [7, 11) is 0. The van der Waals surface area contributed by atoms with Gasteiger partial charge in [-0.2, -0.15) is 13.2 Å². The molecule has 8 heteroatoms. The number of carbonyl (C=O) groups is 2. The Morgan fingerprint density at radius 1 is 0.962 bits per heavy atom. The van der Waals surface area contributed by atoms with Crippen molar-refractivity contribution >= 4 is 11.8 Å². The molecule has 2 amide bonds. The molecule has 0 bridgehead atoms. The molecule has 0 heterocycles. The molecule has 0 aliphatic carbocycles. The molecular formula is C18H17F3N2O3. The summed E-state index contributed by atoms with van der Waals surface area (Å²) >= 11 is 0. The molecular weight excluding hydrogens is 349 g/mol.